The maximum Gasteiger partial charge on any atom is 0.321 e. The van der Waals surface area contributed by atoms with E-state index in [4.69, 9.17) is 14.6 Å². The molecule has 0 aliphatic rings. The summed E-state index contributed by atoms with van der Waals surface area (Å²) in [4.78, 5) is 33.1. The van der Waals surface area contributed by atoms with Crippen molar-refractivity contribution in [3.63, 3.8) is 0 Å². The first-order valence-corrected chi connectivity index (χ1v) is 15.5. The standard InChI is InChI=1S/C30H37N5O6S/c1-6-22(7-2)29-31-20(5)27-30(37)32-28(33-35(27)29)24-17-23(15-16-25(24)40-8-3)42(38,39)34(19-26(36)41-9-4)18-21-13-11-10-12-14-21/h10-17,22H,6-9,18-19H2,1-5H3,(H,32,33,37). The number of H-pyrrole nitrogens is 1. The fourth-order valence-corrected chi connectivity index (χ4v) is 6.28. The van der Waals surface area contributed by atoms with Gasteiger partial charge in [-0.3, -0.25) is 9.59 Å². The van der Waals surface area contributed by atoms with Gasteiger partial charge in [0.25, 0.3) is 5.56 Å². The third-order valence-corrected chi connectivity index (χ3v) is 8.80. The third kappa shape index (κ3) is 6.39. The molecule has 0 atom stereocenters. The van der Waals surface area contributed by atoms with Gasteiger partial charge in [-0.1, -0.05) is 44.2 Å². The number of esters is 1. The summed E-state index contributed by atoms with van der Waals surface area (Å²) in [5.74, 6) is 0.576. The first-order valence-electron chi connectivity index (χ1n) is 14.1. The van der Waals surface area contributed by atoms with E-state index >= 15 is 0 Å². The van der Waals surface area contributed by atoms with Crippen LogP contribution in [0.25, 0.3) is 16.9 Å². The van der Waals surface area contributed by atoms with Gasteiger partial charge < -0.3 is 14.5 Å². The van der Waals surface area contributed by atoms with Crippen LogP contribution in [0.3, 0.4) is 0 Å². The summed E-state index contributed by atoms with van der Waals surface area (Å²) in [6.45, 7) is 9.25. The molecule has 0 amide bonds. The molecule has 0 aliphatic carbocycles. The summed E-state index contributed by atoms with van der Waals surface area (Å²) in [5, 5.41) is 4.73. The highest BCUT2D eigenvalue weighted by Crippen LogP contribution is 2.32. The highest BCUT2D eigenvalue weighted by molar-refractivity contribution is 7.89. The number of hydrogen-bond acceptors (Lipinski definition) is 8. The number of nitrogens with one attached hydrogen (secondary N) is 1. The number of fused-ring (bicyclic) bond motifs is 1. The number of rotatable bonds is 13. The second-order valence-electron chi connectivity index (χ2n) is 9.79. The summed E-state index contributed by atoms with van der Waals surface area (Å²) >= 11 is 0. The molecule has 0 bridgehead atoms. The zero-order valence-electron chi connectivity index (χ0n) is 24.6. The first-order chi connectivity index (χ1) is 20.1. The van der Waals surface area contributed by atoms with Gasteiger partial charge in [0.05, 0.1) is 29.4 Å². The number of benzene rings is 2. The Hall–Kier alpha value is -4.03. The van der Waals surface area contributed by atoms with Gasteiger partial charge in [-0.25, -0.2) is 17.9 Å². The van der Waals surface area contributed by atoms with Crippen LogP contribution in [0.15, 0.2) is 58.2 Å². The first kappa shape index (κ1) is 30.9. The molecule has 12 heteroatoms. The zero-order valence-corrected chi connectivity index (χ0v) is 25.4. The van der Waals surface area contributed by atoms with E-state index in [0.29, 0.717) is 35.0 Å². The van der Waals surface area contributed by atoms with Gasteiger partial charge in [-0.05, 0) is 57.4 Å². The number of imidazole rings is 1. The molecule has 0 fully saturated rings. The number of aromatic nitrogens is 4. The summed E-state index contributed by atoms with van der Waals surface area (Å²) < 4.78 is 41.5. The second kappa shape index (κ2) is 13.3. The van der Waals surface area contributed by atoms with Crippen LogP contribution in [0.2, 0.25) is 0 Å². The van der Waals surface area contributed by atoms with Gasteiger partial charge in [-0.15, -0.1) is 5.10 Å². The highest BCUT2D eigenvalue weighted by Gasteiger charge is 2.29. The van der Waals surface area contributed by atoms with Crippen molar-refractivity contribution >= 4 is 21.5 Å². The van der Waals surface area contributed by atoms with Crippen molar-refractivity contribution < 1.29 is 22.7 Å². The number of carbonyl (C=O) groups is 1. The lowest BCUT2D eigenvalue weighted by molar-refractivity contribution is -0.143. The average molecular weight is 596 g/mol. The molecule has 2 aromatic heterocycles. The van der Waals surface area contributed by atoms with Crippen LogP contribution in [0.1, 0.15) is 63.5 Å². The van der Waals surface area contributed by atoms with Crippen molar-refractivity contribution in [3.05, 3.63) is 76.0 Å². The smallest absolute Gasteiger partial charge is 0.321 e. The fraction of sp³-hybridized carbons (Fsp3) is 0.400. The Kier molecular flexibility index (Phi) is 9.79. The quantitative estimate of drug-likeness (QED) is 0.224. The van der Waals surface area contributed by atoms with E-state index in [1.807, 2.05) is 6.07 Å². The van der Waals surface area contributed by atoms with E-state index in [1.54, 1.807) is 49.6 Å². The number of aryl methyl sites for hydroxylation is 1. The third-order valence-electron chi connectivity index (χ3n) is 7.01. The maximum absolute atomic E-state index is 14.0. The molecule has 0 saturated carbocycles. The van der Waals surface area contributed by atoms with Gasteiger partial charge >= 0.3 is 5.97 Å². The topological polar surface area (TPSA) is 136 Å². The minimum absolute atomic E-state index is 0.0430. The van der Waals surface area contributed by atoms with Crippen molar-refractivity contribution in [1.29, 1.82) is 0 Å². The van der Waals surface area contributed by atoms with Crippen molar-refractivity contribution in [2.45, 2.75) is 64.8 Å². The summed E-state index contributed by atoms with van der Waals surface area (Å²) in [6, 6.07) is 13.3. The summed E-state index contributed by atoms with van der Waals surface area (Å²) in [6.07, 6.45) is 1.63. The largest absolute Gasteiger partial charge is 0.493 e. The summed E-state index contributed by atoms with van der Waals surface area (Å²) in [7, 11) is -4.21. The highest BCUT2D eigenvalue weighted by atomic mass is 32.2. The number of aromatic amines is 1. The van der Waals surface area contributed by atoms with Crippen LogP contribution < -0.4 is 10.3 Å². The maximum atomic E-state index is 14.0. The van der Waals surface area contributed by atoms with E-state index in [9.17, 15) is 18.0 Å². The Morgan fingerprint density at radius 3 is 2.40 bits per heavy atom. The van der Waals surface area contributed by atoms with Gasteiger partial charge in [0, 0.05) is 12.5 Å². The van der Waals surface area contributed by atoms with Crippen LogP contribution in [0.4, 0.5) is 0 Å². The van der Waals surface area contributed by atoms with E-state index in [1.165, 1.54) is 18.2 Å². The van der Waals surface area contributed by atoms with E-state index in [-0.39, 0.29) is 35.4 Å². The molecular weight excluding hydrogens is 558 g/mol. The molecule has 0 aliphatic heterocycles. The van der Waals surface area contributed by atoms with Gasteiger partial charge in [-0.2, -0.15) is 4.31 Å². The molecule has 4 aromatic rings. The second-order valence-corrected chi connectivity index (χ2v) is 11.7. The molecule has 224 valence electrons. The Morgan fingerprint density at radius 1 is 1.05 bits per heavy atom. The van der Waals surface area contributed by atoms with Crippen molar-refractivity contribution in [2.75, 3.05) is 19.8 Å². The van der Waals surface area contributed by atoms with Crippen LogP contribution in [0, 0.1) is 6.92 Å². The number of hydrogen-bond donors (Lipinski definition) is 1. The molecule has 0 unspecified atom stereocenters. The van der Waals surface area contributed by atoms with Gasteiger partial charge in [0.15, 0.2) is 11.3 Å². The van der Waals surface area contributed by atoms with Crippen molar-refractivity contribution in [2.24, 2.45) is 0 Å². The van der Waals surface area contributed by atoms with Crippen LogP contribution >= 0.6 is 0 Å². The Labute approximate surface area is 245 Å². The predicted molar refractivity (Wildman–Crippen MR) is 159 cm³/mol. The van der Waals surface area contributed by atoms with E-state index < -0.39 is 28.1 Å². The number of sulfonamides is 1. The van der Waals surface area contributed by atoms with E-state index in [2.05, 4.69) is 23.8 Å². The predicted octanol–water partition coefficient (Wildman–Crippen LogP) is 4.45. The van der Waals surface area contributed by atoms with E-state index in [0.717, 1.165) is 17.1 Å². The Bertz CT molecular complexity index is 1710. The number of carbonyl (C=O) groups excluding carboxylic acids is 1. The lowest BCUT2D eigenvalue weighted by atomic mass is 10.0. The molecule has 1 N–H and O–H groups in total. The SMILES string of the molecule is CCOC(=O)CN(Cc1ccccc1)S(=O)(=O)c1ccc(OCC)c(-c2nn3c(C(CC)CC)nc(C)c3c(=O)[nH]2)c1. The van der Waals surface area contributed by atoms with Gasteiger partial charge in [0.2, 0.25) is 10.0 Å². The van der Waals surface area contributed by atoms with Crippen LogP contribution in [-0.2, 0) is 26.1 Å². The minimum atomic E-state index is -4.21. The molecule has 11 nitrogen and oxygen atoms in total. The lowest BCUT2D eigenvalue weighted by Crippen LogP contribution is -2.36. The van der Waals surface area contributed by atoms with Crippen molar-refractivity contribution in [3.8, 4) is 17.1 Å². The number of nitrogens with zero attached hydrogens (tertiary/aromatic N) is 4. The molecule has 2 heterocycles. The Morgan fingerprint density at radius 2 is 1.76 bits per heavy atom. The molecule has 0 radical (unpaired) electrons. The fourth-order valence-electron chi connectivity index (χ4n) is 4.88. The number of ether oxygens (including phenoxy) is 2. The summed E-state index contributed by atoms with van der Waals surface area (Å²) in [5.41, 5.74) is 1.50. The zero-order chi connectivity index (χ0) is 30.4. The molecular formula is C30H37N5O6S. The van der Waals surface area contributed by atoms with Crippen LogP contribution in [0.5, 0.6) is 5.75 Å². The Balaban J connectivity index is 1.87. The monoisotopic (exact) mass is 595 g/mol. The molecule has 42 heavy (non-hydrogen) atoms. The molecule has 0 spiro atoms. The average Bonchev–Trinajstić information content (AvgIpc) is 3.30. The molecule has 0 saturated heterocycles. The normalized spacial score (nSPS) is 11.9. The minimum Gasteiger partial charge on any atom is -0.493 e. The van der Waals surface area contributed by atoms with Crippen molar-refractivity contribution in [1.82, 2.24) is 23.9 Å². The molecule has 2 aromatic carbocycles. The lowest BCUT2D eigenvalue weighted by Gasteiger charge is -2.22. The van der Waals surface area contributed by atoms with Crippen LogP contribution in [-0.4, -0.2) is 58.0 Å². The molecule has 4 rings (SSSR count). The van der Waals surface area contributed by atoms with Gasteiger partial charge in [0.1, 0.15) is 18.1 Å².